The molecule has 1 heterocycles. The maximum Gasteiger partial charge on any atom is 0.183 e. The summed E-state index contributed by atoms with van der Waals surface area (Å²) < 4.78 is 1.21. The van der Waals surface area contributed by atoms with E-state index in [4.69, 9.17) is 5.73 Å². The van der Waals surface area contributed by atoms with Crippen molar-refractivity contribution in [2.24, 2.45) is 5.73 Å². The van der Waals surface area contributed by atoms with Gasteiger partial charge in [0.25, 0.3) is 0 Å². The minimum Gasteiger partial charge on any atom is -0.360 e. The third kappa shape index (κ3) is 5.27. The van der Waals surface area contributed by atoms with E-state index in [1.54, 1.807) is 11.3 Å². The SMILES string of the molecule is CC(N)CNc1nc2ccccc2s1.Cl.Cl.Cl. The predicted octanol–water partition coefficient (Wildman–Crippen LogP) is 3.32. The molecule has 0 aliphatic rings. The molecule has 0 saturated heterocycles. The topological polar surface area (TPSA) is 50.9 Å². The first-order valence-corrected chi connectivity index (χ1v) is 5.42. The van der Waals surface area contributed by atoms with Gasteiger partial charge < -0.3 is 11.1 Å². The summed E-state index contributed by atoms with van der Waals surface area (Å²) in [6, 6.07) is 8.27. The Balaban J connectivity index is 0. The van der Waals surface area contributed by atoms with Crippen LogP contribution in [0.3, 0.4) is 0 Å². The minimum atomic E-state index is 0. The predicted molar refractivity (Wildman–Crippen MR) is 83.5 cm³/mol. The van der Waals surface area contributed by atoms with Gasteiger partial charge in [0.05, 0.1) is 10.2 Å². The van der Waals surface area contributed by atoms with E-state index in [-0.39, 0.29) is 43.3 Å². The van der Waals surface area contributed by atoms with Crippen LogP contribution < -0.4 is 11.1 Å². The average Bonchev–Trinajstić information content (AvgIpc) is 2.57. The summed E-state index contributed by atoms with van der Waals surface area (Å²) >= 11 is 1.66. The summed E-state index contributed by atoms with van der Waals surface area (Å²) in [6.07, 6.45) is 0. The number of anilines is 1. The first kappa shape index (κ1) is 19.1. The zero-order chi connectivity index (χ0) is 9.97. The van der Waals surface area contributed by atoms with Gasteiger partial charge in [-0.05, 0) is 19.1 Å². The van der Waals surface area contributed by atoms with Gasteiger partial charge in [-0.3, -0.25) is 0 Å². The Morgan fingerprint density at radius 2 is 1.94 bits per heavy atom. The Kier molecular flexibility index (Phi) is 9.85. The molecule has 3 nitrogen and oxygen atoms in total. The maximum atomic E-state index is 5.65. The number of nitrogens with two attached hydrogens (primary N) is 1. The molecule has 1 aromatic heterocycles. The summed E-state index contributed by atoms with van der Waals surface area (Å²) in [6.45, 7) is 2.74. The second-order valence-electron chi connectivity index (χ2n) is 3.34. The number of hydrogen-bond acceptors (Lipinski definition) is 4. The van der Waals surface area contributed by atoms with Crippen molar-refractivity contribution in [3.8, 4) is 0 Å². The highest BCUT2D eigenvalue weighted by atomic mass is 35.5. The highest BCUT2D eigenvalue weighted by Gasteiger charge is 2.02. The molecule has 0 bridgehead atoms. The number of rotatable bonds is 3. The van der Waals surface area contributed by atoms with E-state index >= 15 is 0 Å². The first-order valence-electron chi connectivity index (χ1n) is 4.61. The minimum absolute atomic E-state index is 0. The normalized spacial score (nSPS) is 10.7. The molecule has 0 aliphatic carbocycles. The third-order valence-corrected chi connectivity index (χ3v) is 2.86. The lowest BCUT2D eigenvalue weighted by molar-refractivity contribution is 0.779. The number of nitrogens with one attached hydrogen (secondary N) is 1. The molecule has 1 atom stereocenters. The largest absolute Gasteiger partial charge is 0.360 e. The number of benzene rings is 1. The van der Waals surface area contributed by atoms with Crippen LogP contribution in [0.5, 0.6) is 0 Å². The fourth-order valence-electron chi connectivity index (χ4n) is 1.20. The summed E-state index contributed by atoms with van der Waals surface area (Å²) in [5, 5.41) is 4.16. The summed E-state index contributed by atoms with van der Waals surface area (Å²) in [5.41, 5.74) is 6.69. The van der Waals surface area contributed by atoms with E-state index in [9.17, 15) is 0 Å². The highest BCUT2D eigenvalue weighted by molar-refractivity contribution is 7.22. The van der Waals surface area contributed by atoms with Crippen LogP contribution in [-0.2, 0) is 0 Å². The second-order valence-corrected chi connectivity index (χ2v) is 4.38. The van der Waals surface area contributed by atoms with Gasteiger partial charge in [-0.2, -0.15) is 0 Å². The van der Waals surface area contributed by atoms with Crippen molar-refractivity contribution < 1.29 is 0 Å². The molecule has 0 aliphatic heterocycles. The molecule has 0 fully saturated rings. The molecule has 0 saturated carbocycles. The summed E-state index contributed by atoms with van der Waals surface area (Å²) in [5.74, 6) is 0. The molecule has 0 radical (unpaired) electrons. The van der Waals surface area contributed by atoms with Gasteiger partial charge in [0, 0.05) is 12.6 Å². The van der Waals surface area contributed by atoms with Crippen molar-refractivity contribution in [2.45, 2.75) is 13.0 Å². The lowest BCUT2D eigenvalue weighted by Gasteiger charge is -2.04. The van der Waals surface area contributed by atoms with E-state index < -0.39 is 0 Å². The zero-order valence-corrected chi connectivity index (χ0v) is 12.5. The van der Waals surface area contributed by atoms with E-state index in [2.05, 4.69) is 16.4 Å². The van der Waals surface area contributed by atoms with E-state index in [1.165, 1.54) is 4.70 Å². The van der Waals surface area contributed by atoms with Crippen LogP contribution in [-0.4, -0.2) is 17.6 Å². The van der Waals surface area contributed by atoms with Crippen LogP contribution in [0.4, 0.5) is 5.13 Å². The molecule has 0 amide bonds. The smallest absolute Gasteiger partial charge is 0.183 e. The molecule has 3 N–H and O–H groups in total. The molecule has 1 aromatic carbocycles. The van der Waals surface area contributed by atoms with Crippen LogP contribution in [0.25, 0.3) is 10.2 Å². The Bertz CT molecular complexity index is 400. The molecule has 0 spiro atoms. The number of para-hydroxylation sites is 1. The number of halogens is 3. The quantitative estimate of drug-likeness (QED) is 0.913. The summed E-state index contributed by atoms with van der Waals surface area (Å²) in [4.78, 5) is 4.44. The van der Waals surface area contributed by atoms with Crippen LogP contribution in [0.1, 0.15) is 6.92 Å². The Labute approximate surface area is 123 Å². The van der Waals surface area contributed by atoms with E-state index in [0.717, 1.165) is 17.2 Å². The van der Waals surface area contributed by atoms with E-state index in [0.29, 0.717) is 0 Å². The third-order valence-electron chi connectivity index (χ3n) is 1.87. The fourth-order valence-corrected chi connectivity index (χ4v) is 2.07. The lowest BCUT2D eigenvalue weighted by Crippen LogP contribution is -2.25. The molecular formula is C10H16Cl3N3S. The molecule has 17 heavy (non-hydrogen) atoms. The summed E-state index contributed by atoms with van der Waals surface area (Å²) in [7, 11) is 0. The van der Waals surface area contributed by atoms with Crippen molar-refractivity contribution in [2.75, 3.05) is 11.9 Å². The van der Waals surface area contributed by atoms with Crippen LogP contribution in [0.15, 0.2) is 24.3 Å². The van der Waals surface area contributed by atoms with Gasteiger partial charge in [-0.25, -0.2) is 4.98 Å². The van der Waals surface area contributed by atoms with Crippen molar-refractivity contribution >= 4 is 63.9 Å². The average molecular weight is 317 g/mol. The first-order chi connectivity index (χ1) is 6.75. The number of thiazole rings is 1. The van der Waals surface area contributed by atoms with Crippen LogP contribution in [0.2, 0.25) is 0 Å². The molecule has 2 rings (SSSR count). The fraction of sp³-hybridized carbons (Fsp3) is 0.300. The van der Waals surface area contributed by atoms with Crippen molar-refractivity contribution in [1.29, 1.82) is 0 Å². The van der Waals surface area contributed by atoms with Crippen molar-refractivity contribution in [3.63, 3.8) is 0 Å². The van der Waals surface area contributed by atoms with Gasteiger partial charge in [0.1, 0.15) is 0 Å². The zero-order valence-electron chi connectivity index (χ0n) is 9.25. The van der Waals surface area contributed by atoms with Gasteiger partial charge >= 0.3 is 0 Å². The number of hydrogen-bond donors (Lipinski definition) is 2. The van der Waals surface area contributed by atoms with Gasteiger partial charge in [-0.1, -0.05) is 23.5 Å². The van der Waals surface area contributed by atoms with Gasteiger partial charge in [0.2, 0.25) is 0 Å². The van der Waals surface area contributed by atoms with Crippen molar-refractivity contribution in [1.82, 2.24) is 4.98 Å². The molecule has 2 aromatic rings. The number of aromatic nitrogens is 1. The second kappa shape index (κ2) is 8.78. The molecular weight excluding hydrogens is 301 g/mol. The standard InChI is InChI=1S/C10H13N3S.3ClH/c1-7(11)6-12-10-13-8-4-2-3-5-9(8)14-10;;;/h2-5,7H,6,11H2,1H3,(H,12,13);3*1H. The van der Waals surface area contributed by atoms with Gasteiger partial charge in [0.15, 0.2) is 5.13 Å². The molecule has 7 heteroatoms. The maximum absolute atomic E-state index is 5.65. The highest BCUT2D eigenvalue weighted by Crippen LogP contribution is 2.24. The van der Waals surface area contributed by atoms with Crippen LogP contribution >= 0.6 is 48.6 Å². The number of nitrogens with zero attached hydrogens (tertiary/aromatic N) is 1. The van der Waals surface area contributed by atoms with Crippen molar-refractivity contribution in [3.05, 3.63) is 24.3 Å². The molecule has 98 valence electrons. The molecule has 1 unspecified atom stereocenters. The van der Waals surface area contributed by atoms with E-state index in [1.807, 2.05) is 25.1 Å². The lowest BCUT2D eigenvalue weighted by atomic mass is 10.3. The Morgan fingerprint density at radius 3 is 2.53 bits per heavy atom. The Morgan fingerprint density at radius 1 is 1.29 bits per heavy atom. The van der Waals surface area contributed by atoms with Gasteiger partial charge in [-0.15, -0.1) is 37.2 Å². The Hall–Kier alpha value is -0.260. The number of fused-ring (bicyclic) bond motifs is 1. The monoisotopic (exact) mass is 315 g/mol. The van der Waals surface area contributed by atoms with Crippen LogP contribution in [0, 0.1) is 0 Å².